The number of halogens is 1. The van der Waals surface area contributed by atoms with Crippen LogP contribution in [0.4, 0.5) is 9.18 Å². The van der Waals surface area contributed by atoms with Crippen molar-refractivity contribution >= 4 is 22.2 Å². The van der Waals surface area contributed by atoms with Crippen molar-refractivity contribution in [2.75, 3.05) is 5.75 Å². The second-order valence-corrected chi connectivity index (χ2v) is 9.49. The van der Waals surface area contributed by atoms with Gasteiger partial charge in [-0.15, -0.1) is 0 Å². The Balaban J connectivity index is 2.42. The first-order chi connectivity index (χ1) is 11.5. The molecule has 6 nitrogen and oxygen atoms in total. The summed E-state index contributed by atoms with van der Waals surface area (Å²) in [4.78, 5) is 23.9. The smallest absolute Gasteiger partial charge is 0.408 e. The average molecular weight is 371 g/mol. The lowest BCUT2D eigenvalue weighted by Crippen LogP contribution is -2.45. The first kappa shape index (κ1) is 19.4. The minimum atomic E-state index is -3.67. The van der Waals surface area contributed by atoms with Gasteiger partial charge in [0.05, 0.1) is 0 Å². The second-order valence-electron chi connectivity index (χ2n) is 7.08. The van der Waals surface area contributed by atoms with Crippen LogP contribution in [0.3, 0.4) is 0 Å². The fourth-order valence-electron chi connectivity index (χ4n) is 3.01. The molecule has 0 radical (unpaired) electrons. The minimum absolute atomic E-state index is 0.199. The molecule has 0 saturated heterocycles. The van der Waals surface area contributed by atoms with Gasteiger partial charge in [0.1, 0.15) is 28.5 Å². The number of ether oxygens (including phenoxy) is 1. The predicted molar refractivity (Wildman–Crippen MR) is 90.6 cm³/mol. The van der Waals surface area contributed by atoms with Gasteiger partial charge in [-0.3, -0.25) is 0 Å². The Labute approximate surface area is 146 Å². The van der Waals surface area contributed by atoms with Crippen LogP contribution in [0.5, 0.6) is 0 Å². The number of hydrogen-bond acceptors (Lipinski definition) is 5. The molecule has 1 aromatic rings. The Morgan fingerprint density at radius 1 is 1.40 bits per heavy atom. The van der Waals surface area contributed by atoms with Gasteiger partial charge in [0.25, 0.3) is 0 Å². The van der Waals surface area contributed by atoms with Crippen molar-refractivity contribution in [1.82, 2.24) is 5.32 Å². The van der Waals surface area contributed by atoms with E-state index in [9.17, 15) is 22.4 Å². The van der Waals surface area contributed by atoms with Crippen molar-refractivity contribution in [2.45, 2.75) is 50.0 Å². The van der Waals surface area contributed by atoms with Gasteiger partial charge in [-0.25, -0.2) is 17.6 Å². The molecule has 25 heavy (non-hydrogen) atoms. The molecule has 0 spiro atoms. The van der Waals surface area contributed by atoms with Crippen molar-refractivity contribution < 1.29 is 27.1 Å². The van der Waals surface area contributed by atoms with Crippen molar-refractivity contribution in [2.24, 2.45) is 0 Å². The molecule has 3 atom stereocenters. The van der Waals surface area contributed by atoms with Crippen LogP contribution in [0.2, 0.25) is 0 Å². The van der Waals surface area contributed by atoms with E-state index in [1.165, 1.54) is 31.2 Å². The molecule has 0 heterocycles. The lowest BCUT2D eigenvalue weighted by molar-refractivity contribution is -0.110. The summed E-state index contributed by atoms with van der Waals surface area (Å²) < 4.78 is 43.5. The molecule has 138 valence electrons. The van der Waals surface area contributed by atoms with Crippen LogP contribution in [0.25, 0.3) is 0 Å². The number of amides is 1. The zero-order chi connectivity index (χ0) is 19.0. The Bertz CT molecular complexity index is 786. The highest BCUT2D eigenvalue weighted by molar-refractivity contribution is 7.92. The van der Waals surface area contributed by atoms with Crippen LogP contribution in [-0.4, -0.2) is 42.9 Å². The van der Waals surface area contributed by atoms with Gasteiger partial charge in [0, 0.05) is 11.7 Å². The number of nitrogens with one attached hydrogen (secondary N) is 1. The highest BCUT2D eigenvalue weighted by Gasteiger charge is 2.72. The van der Waals surface area contributed by atoms with Crippen molar-refractivity contribution in [1.29, 1.82) is 0 Å². The van der Waals surface area contributed by atoms with E-state index in [0.717, 1.165) is 0 Å². The maximum Gasteiger partial charge on any atom is 0.408 e. The summed E-state index contributed by atoms with van der Waals surface area (Å²) in [6.45, 7) is 6.41. The lowest BCUT2D eigenvalue weighted by atomic mass is 10.1. The zero-order valence-corrected chi connectivity index (χ0v) is 15.4. The van der Waals surface area contributed by atoms with Crippen LogP contribution >= 0.6 is 0 Å². The van der Waals surface area contributed by atoms with Crippen LogP contribution in [0.1, 0.15) is 39.2 Å². The summed E-state index contributed by atoms with van der Waals surface area (Å²) in [5, 5.41) is 1.25. The van der Waals surface area contributed by atoms with Crippen molar-refractivity contribution in [3.8, 4) is 0 Å². The van der Waals surface area contributed by atoms with Crippen LogP contribution < -0.4 is 5.32 Å². The lowest BCUT2D eigenvalue weighted by Gasteiger charge is -2.22. The number of carbonyl (C=O) groups is 2. The Morgan fingerprint density at radius 3 is 2.52 bits per heavy atom. The molecule has 0 aliphatic heterocycles. The molecule has 0 unspecified atom stereocenters. The average Bonchev–Trinajstić information content (AvgIpc) is 3.15. The van der Waals surface area contributed by atoms with E-state index in [1.807, 2.05) is 0 Å². The number of hydrogen-bond donors (Lipinski definition) is 1. The van der Waals surface area contributed by atoms with Gasteiger partial charge in [-0.1, -0.05) is 19.1 Å². The number of alkyl carbamates (subject to hydrolysis) is 1. The van der Waals surface area contributed by atoms with E-state index in [1.54, 1.807) is 20.8 Å². The number of sulfone groups is 1. The van der Waals surface area contributed by atoms with E-state index in [-0.39, 0.29) is 5.75 Å². The van der Waals surface area contributed by atoms with Crippen LogP contribution in [0, 0.1) is 5.82 Å². The number of benzene rings is 1. The number of rotatable bonds is 5. The first-order valence-electron chi connectivity index (χ1n) is 7.91. The monoisotopic (exact) mass is 371 g/mol. The summed E-state index contributed by atoms with van der Waals surface area (Å²) in [6.07, 6.45) is -0.487. The number of aldehydes is 1. The molecule has 1 fully saturated rings. The third-order valence-corrected chi connectivity index (χ3v) is 6.33. The molecule has 1 saturated carbocycles. The molecule has 0 bridgehead atoms. The molecule has 1 N–H and O–H groups in total. The highest BCUT2D eigenvalue weighted by Crippen LogP contribution is 2.55. The van der Waals surface area contributed by atoms with Crippen molar-refractivity contribution in [3.63, 3.8) is 0 Å². The summed E-state index contributed by atoms with van der Waals surface area (Å²) in [6, 6.07) is 5.36. The maximum absolute atomic E-state index is 13.6. The topological polar surface area (TPSA) is 89.5 Å². The van der Waals surface area contributed by atoms with Gasteiger partial charge in [-0.2, -0.15) is 0 Å². The Morgan fingerprint density at radius 2 is 2.04 bits per heavy atom. The van der Waals surface area contributed by atoms with Gasteiger partial charge in [0.2, 0.25) is 0 Å². The van der Waals surface area contributed by atoms with E-state index in [4.69, 9.17) is 4.74 Å². The fraction of sp³-hybridized carbons (Fsp3) is 0.529. The van der Waals surface area contributed by atoms with E-state index < -0.39 is 44.1 Å². The highest BCUT2D eigenvalue weighted by atomic mass is 32.2. The third kappa shape index (κ3) is 3.84. The molecule has 8 heteroatoms. The van der Waals surface area contributed by atoms with Gasteiger partial charge in [0.15, 0.2) is 9.84 Å². The van der Waals surface area contributed by atoms with E-state index in [2.05, 4.69) is 5.32 Å². The first-order valence-corrected chi connectivity index (χ1v) is 9.63. The summed E-state index contributed by atoms with van der Waals surface area (Å²) in [5.41, 5.74) is -2.13. The van der Waals surface area contributed by atoms with Gasteiger partial charge >= 0.3 is 6.09 Å². The maximum atomic E-state index is 13.6. The normalized spacial score (nSPS) is 26.0. The minimum Gasteiger partial charge on any atom is -0.444 e. The largest absolute Gasteiger partial charge is 0.444 e. The molecule has 1 aliphatic carbocycles. The molecule has 2 rings (SSSR count). The Kier molecular flexibility index (Phi) is 4.96. The second kappa shape index (κ2) is 6.40. The standard InChI is InChI=1S/C17H22FNO5S/c1-5-25(22,23)14-13(11-7-6-8-12(18)9-11)17(14,10-20)19-15(21)24-16(2,3)4/h6-10,13-14H,5H2,1-4H3,(H,19,21)/t13-,14-,17+/m0/s1. The summed E-state index contributed by atoms with van der Waals surface area (Å²) in [7, 11) is -3.67. The van der Waals surface area contributed by atoms with Gasteiger partial charge < -0.3 is 14.8 Å². The summed E-state index contributed by atoms with van der Waals surface area (Å²) in [5.74, 6) is -1.61. The van der Waals surface area contributed by atoms with E-state index >= 15 is 0 Å². The molecular weight excluding hydrogens is 349 g/mol. The Hall–Kier alpha value is -1.96. The fourth-order valence-corrected chi connectivity index (χ4v) is 4.94. The molecular formula is C17H22FNO5S. The molecule has 1 aromatic carbocycles. The van der Waals surface area contributed by atoms with E-state index in [0.29, 0.717) is 11.8 Å². The molecule has 1 amide bonds. The van der Waals surface area contributed by atoms with Crippen LogP contribution in [-0.2, 0) is 19.4 Å². The summed E-state index contributed by atoms with van der Waals surface area (Å²) >= 11 is 0. The quantitative estimate of drug-likeness (QED) is 0.802. The molecule has 1 aliphatic rings. The third-order valence-electron chi connectivity index (χ3n) is 4.09. The molecule has 0 aromatic heterocycles. The number of carbonyl (C=O) groups excluding carboxylic acids is 2. The van der Waals surface area contributed by atoms with Gasteiger partial charge in [-0.05, 0) is 38.5 Å². The van der Waals surface area contributed by atoms with Crippen LogP contribution in [0.15, 0.2) is 24.3 Å². The zero-order valence-electron chi connectivity index (χ0n) is 14.6. The SMILES string of the molecule is CCS(=O)(=O)[C@H]1[C@H](c2cccc(F)c2)[C@@]1(C=O)NC(=O)OC(C)(C)C. The predicted octanol–water partition coefficient (Wildman–Crippen LogP) is 2.19. The van der Waals surface area contributed by atoms with Crippen molar-refractivity contribution in [3.05, 3.63) is 35.6 Å².